The summed E-state index contributed by atoms with van der Waals surface area (Å²) in [7, 11) is 0. The first kappa shape index (κ1) is 24.5. The standard InChI is InChI=1S/C13H15BFN.C12H13N.C2H6/c1-9(2)12-6-4-10-8-11(14(3)15)5-7-13(10)16-12;1-9(2)11-8-7-10-5-3-4-6-12(10)13-11;1-2/h4-9H,1-3H3;3-9H,1-2H3;1-2H3. The molecule has 0 bridgehead atoms. The van der Waals surface area contributed by atoms with E-state index >= 15 is 0 Å². The average Bonchev–Trinajstić information content (AvgIpc) is 2.79. The monoisotopic (exact) mass is 416 g/mol. The Hall–Kier alpha value is -2.75. The van der Waals surface area contributed by atoms with Gasteiger partial charge in [0.1, 0.15) is 0 Å². The minimum atomic E-state index is -0.922. The van der Waals surface area contributed by atoms with Gasteiger partial charge in [0.05, 0.1) is 11.0 Å². The maximum atomic E-state index is 13.1. The number of pyridine rings is 2. The number of rotatable bonds is 3. The topological polar surface area (TPSA) is 25.8 Å². The van der Waals surface area contributed by atoms with Crippen molar-refractivity contribution in [3.05, 3.63) is 78.1 Å². The molecule has 0 radical (unpaired) electrons. The van der Waals surface area contributed by atoms with Gasteiger partial charge in [-0.25, -0.2) is 0 Å². The summed E-state index contributed by atoms with van der Waals surface area (Å²) in [6.07, 6.45) is 0. The Morgan fingerprint density at radius 1 is 0.677 bits per heavy atom. The molecule has 0 saturated heterocycles. The van der Waals surface area contributed by atoms with Gasteiger partial charge in [0.25, 0.3) is 0 Å². The van der Waals surface area contributed by atoms with Gasteiger partial charge in [-0.2, -0.15) is 0 Å². The molecule has 0 atom stereocenters. The zero-order valence-corrected chi connectivity index (χ0v) is 19.9. The summed E-state index contributed by atoms with van der Waals surface area (Å²) < 4.78 is 13.1. The van der Waals surface area contributed by atoms with Crippen LogP contribution >= 0.6 is 0 Å². The Morgan fingerprint density at radius 2 is 1.19 bits per heavy atom. The van der Waals surface area contributed by atoms with Crippen molar-refractivity contribution in [1.29, 1.82) is 0 Å². The molecule has 0 aliphatic carbocycles. The lowest BCUT2D eigenvalue weighted by Gasteiger charge is -2.07. The number of halogens is 1. The van der Waals surface area contributed by atoms with Crippen LogP contribution in [0.3, 0.4) is 0 Å². The third kappa shape index (κ3) is 6.62. The lowest BCUT2D eigenvalue weighted by atomic mass is 9.67. The van der Waals surface area contributed by atoms with Crippen molar-refractivity contribution in [3.63, 3.8) is 0 Å². The summed E-state index contributed by atoms with van der Waals surface area (Å²) in [6, 6.07) is 22.1. The molecule has 0 saturated carbocycles. The van der Waals surface area contributed by atoms with Crippen LogP contribution in [-0.2, 0) is 0 Å². The van der Waals surface area contributed by atoms with E-state index in [0.717, 1.165) is 22.1 Å². The third-order valence-corrected chi connectivity index (χ3v) is 5.00. The third-order valence-electron chi connectivity index (χ3n) is 5.00. The average molecular weight is 416 g/mol. The Kier molecular flexibility index (Phi) is 9.17. The number of aromatic nitrogens is 2. The van der Waals surface area contributed by atoms with Gasteiger partial charge in [-0.15, -0.1) is 0 Å². The predicted octanol–water partition coefficient (Wildman–Crippen LogP) is 7.54. The second-order valence-corrected chi connectivity index (χ2v) is 8.04. The van der Waals surface area contributed by atoms with E-state index in [0.29, 0.717) is 17.3 Å². The molecule has 0 amide bonds. The highest BCUT2D eigenvalue weighted by molar-refractivity contribution is 6.65. The fourth-order valence-corrected chi connectivity index (χ4v) is 3.13. The fraction of sp³-hybridized carbons (Fsp3) is 0.333. The molecular formula is C27H34BFN2. The second-order valence-electron chi connectivity index (χ2n) is 8.04. The molecule has 0 spiro atoms. The molecule has 0 aliphatic heterocycles. The van der Waals surface area contributed by atoms with E-state index in [9.17, 15) is 4.32 Å². The molecular weight excluding hydrogens is 382 g/mol. The second kappa shape index (κ2) is 11.6. The van der Waals surface area contributed by atoms with Crippen molar-refractivity contribution in [2.45, 2.75) is 60.2 Å². The van der Waals surface area contributed by atoms with Gasteiger partial charge in [0.15, 0.2) is 0 Å². The normalized spacial score (nSPS) is 10.5. The smallest absolute Gasteiger partial charge is 0.330 e. The quantitative estimate of drug-likeness (QED) is 0.322. The van der Waals surface area contributed by atoms with Gasteiger partial charge in [0, 0.05) is 16.8 Å². The van der Waals surface area contributed by atoms with Crippen molar-refractivity contribution >= 4 is 34.3 Å². The maximum Gasteiger partial charge on any atom is 0.377 e. The van der Waals surface area contributed by atoms with E-state index in [2.05, 4.69) is 61.9 Å². The molecule has 0 N–H and O–H groups in total. The first-order valence-corrected chi connectivity index (χ1v) is 11.3. The van der Waals surface area contributed by atoms with E-state index in [1.54, 1.807) is 6.82 Å². The summed E-state index contributed by atoms with van der Waals surface area (Å²) in [6.45, 7) is 13.2. The summed E-state index contributed by atoms with van der Waals surface area (Å²) >= 11 is 0. The molecule has 2 aromatic heterocycles. The Balaban J connectivity index is 0.000000208. The summed E-state index contributed by atoms with van der Waals surface area (Å²) in [4.78, 5) is 9.13. The molecule has 2 aromatic carbocycles. The largest absolute Gasteiger partial charge is 0.377 e. The highest BCUT2D eigenvalue weighted by Gasteiger charge is 2.10. The highest BCUT2D eigenvalue weighted by atomic mass is 19.1. The molecule has 2 heterocycles. The lowest BCUT2D eigenvalue weighted by Crippen LogP contribution is -2.20. The predicted molar refractivity (Wildman–Crippen MR) is 135 cm³/mol. The molecule has 162 valence electrons. The first-order valence-electron chi connectivity index (χ1n) is 11.3. The van der Waals surface area contributed by atoms with Crippen LogP contribution in [0.15, 0.2) is 66.7 Å². The van der Waals surface area contributed by atoms with Crippen molar-refractivity contribution in [2.24, 2.45) is 0 Å². The number of hydrogen-bond donors (Lipinski definition) is 0. The molecule has 0 unspecified atom stereocenters. The van der Waals surface area contributed by atoms with E-state index < -0.39 is 6.99 Å². The summed E-state index contributed by atoms with van der Waals surface area (Å²) in [5.41, 5.74) is 4.99. The minimum Gasteiger partial charge on any atom is -0.330 e. The first-order chi connectivity index (χ1) is 14.8. The van der Waals surface area contributed by atoms with Crippen molar-refractivity contribution < 1.29 is 4.32 Å². The van der Waals surface area contributed by atoms with Crippen molar-refractivity contribution in [3.8, 4) is 0 Å². The van der Waals surface area contributed by atoms with Crippen LogP contribution < -0.4 is 5.46 Å². The summed E-state index contributed by atoms with van der Waals surface area (Å²) in [5.74, 6) is 0.925. The minimum absolute atomic E-state index is 0.421. The lowest BCUT2D eigenvalue weighted by molar-refractivity contribution is 0.830. The molecule has 2 nitrogen and oxygen atoms in total. The van der Waals surface area contributed by atoms with Gasteiger partial charge in [-0.1, -0.05) is 84.0 Å². The number of benzene rings is 2. The molecule has 4 aromatic rings. The molecule has 4 heteroatoms. The van der Waals surface area contributed by atoms with Gasteiger partial charge in [-0.3, -0.25) is 9.97 Å². The van der Waals surface area contributed by atoms with Crippen LogP contribution in [0.1, 0.15) is 64.8 Å². The molecule has 0 fully saturated rings. The number of hydrogen-bond acceptors (Lipinski definition) is 2. The molecule has 31 heavy (non-hydrogen) atoms. The van der Waals surface area contributed by atoms with Gasteiger partial charge >= 0.3 is 6.99 Å². The number of nitrogens with zero attached hydrogens (tertiary/aromatic N) is 2. The Bertz CT molecular complexity index is 1060. The van der Waals surface area contributed by atoms with E-state index in [1.807, 2.05) is 56.3 Å². The van der Waals surface area contributed by atoms with E-state index in [4.69, 9.17) is 0 Å². The Labute approximate surface area is 187 Å². The SMILES string of the molecule is CB(F)c1ccc2nc(C(C)C)ccc2c1.CC.CC(C)c1ccc2ccccc2n1. The van der Waals surface area contributed by atoms with Gasteiger partial charge in [0.2, 0.25) is 0 Å². The van der Waals surface area contributed by atoms with Crippen LogP contribution in [0.4, 0.5) is 4.32 Å². The van der Waals surface area contributed by atoms with Crippen LogP contribution in [0, 0.1) is 0 Å². The van der Waals surface area contributed by atoms with Crippen LogP contribution in [0.5, 0.6) is 0 Å². The molecule has 4 rings (SSSR count). The Morgan fingerprint density at radius 3 is 1.74 bits per heavy atom. The van der Waals surface area contributed by atoms with E-state index in [1.165, 1.54) is 11.1 Å². The highest BCUT2D eigenvalue weighted by Crippen LogP contribution is 2.18. The van der Waals surface area contributed by atoms with Crippen molar-refractivity contribution in [1.82, 2.24) is 9.97 Å². The number of fused-ring (bicyclic) bond motifs is 2. The zero-order valence-electron chi connectivity index (χ0n) is 19.9. The maximum absolute atomic E-state index is 13.1. The zero-order chi connectivity index (χ0) is 23.0. The fourth-order valence-electron chi connectivity index (χ4n) is 3.13. The number of para-hydroxylation sites is 1. The van der Waals surface area contributed by atoms with E-state index in [-0.39, 0.29) is 0 Å². The van der Waals surface area contributed by atoms with Crippen molar-refractivity contribution in [2.75, 3.05) is 0 Å². The van der Waals surface area contributed by atoms with Crippen LogP contribution in [-0.4, -0.2) is 17.0 Å². The van der Waals surface area contributed by atoms with Crippen LogP contribution in [0.2, 0.25) is 6.82 Å². The molecule has 0 aliphatic rings. The van der Waals surface area contributed by atoms with Gasteiger partial charge in [-0.05, 0) is 53.8 Å². The van der Waals surface area contributed by atoms with Gasteiger partial charge < -0.3 is 4.32 Å². The van der Waals surface area contributed by atoms with Crippen LogP contribution in [0.25, 0.3) is 21.8 Å². The summed E-state index contributed by atoms with van der Waals surface area (Å²) in [5, 5.41) is 2.22.